The minimum atomic E-state index is -0.438. The molecule has 0 spiro atoms. The van der Waals surface area contributed by atoms with Crippen molar-refractivity contribution in [1.29, 1.82) is 5.26 Å². The maximum absolute atomic E-state index is 13.3. The van der Waals surface area contributed by atoms with Crippen molar-refractivity contribution in [2.75, 3.05) is 0 Å². The molecule has 1 aromatic carbocycles. The van der Waals surface area contributed by atoms with Gasteiger partial charge in [0, 0.05) is 10.0 Å². The van der Waals surface area contributed by atoms with E-state index in [2.05, 4.69) is 15.9 Å². The molecule has 0 amide bonds. The molecule has 0 fully saturated rings. The number of nitriles is 1. The molecule has 0 aliphatic rings. The van der Waals surface area contributed by atoms with Crippen molar-refractivity contribution >= 4 is 21.6 Å². The Morgan fingerprint density at radius 2 is 2.21 bits per heavy atom. The summed E-state index contributed by atoms with van der Waals surface area (Å²) in [6.45, 7) is 1.55. The molecule has 0 unspecified atom stereocenters. The molecule has 1 aromatic rings. The summed E-state index contributed by atoms with van der Waals surface area (Å²) in [4.78, 5) is 0. The molecular weight excluding hydrogens is 247 g/mol. The van der Waals surface area contributed by atoms with Crippen LogP contribution in [-0.2, 0) is 0 Å². The first kappa shape index (κ1) is 10.7. The number of nitrogens with zero attached hydrogens (tertiary/aromatic N) is 1. The standard InChI is InChI=1S/C10H8BrFN2/c1-6(5-13)10(14)8-3-2-7(11)4-9(8)12/h2-4H,14H2,1H3/b10-6-. The summed E-state index contributed by atoms with van der Waals surface area (Å²) in [5.41, 5.74) is 6.35. The Kier molecular flexibility index (Phi) is 3.26. The molecule has 0 aliphatic carbocycles. The van der Waals surface area contributed by atoms with Gasteiger partial charge in [0.15, 0.2) is 0 Å². The second-order valence-corrected chi connectivity index (χ2v) is 3.69. The molecule has 0 aliphatic heterocycles. The van der Waals surface area contributed by atoms with Gasteiger partial charge in [-0.05, 0) is 25.1 Å². The van der Waals surface area contributed by atoms with Crippen molar-refractivity contribution in [2.24, 2.45) is 5.73 Å². The van der Waals surface area contributed by atoms with E-state index < -0.39 is 5.82 Å². The molecule has 0 atom stereocenters. The number of rotatable bonds is 1. The highest BCUT2D eigenvalue weighted by atomic mass is 79.9. The smallest absolute Gasteiger partial charge is 0.133 e. The second-order valence-electron chi connectivity index (χ2n) is 2.77. The molecule has 72 valence electrons. The first-order valence-electron chi connectivity index (χ1n) is 3.88. The van der Waals surface area contributed by atoms with Gasteiger partial charge in [-0.2, -0.15) is 5.26 Å². The molecule has 14 heavy (non-hydrogen) atoms. The zero-order valence-corrected chi connectivity index (χ0v) is 9.10. The van der Waals surface area contributed by atoms with Gasteiger partial charge in [-0.15, -0.1) is 0 Å². The molecular formula is C10H8BrFN2. The largest absolute Gasteiger partial charge is 0.397 e. The summed E-state index contributed by atoms with van der Waals surface area (Å²) in [5, 5.41) is 8.59. The molecule has 0 bridgehead atoms. The van der Waals surface area contributed by atoms with Crippen molar-refractivity contribution in [2.45, 2.75) is 6.92 Å². The van der Waals surface area contributed by atoms with Crippen LogP contribution in [0.15, 0.2) is 28.2 Å². The van der Waals surface area contributed by atoms with Crippen LogP contribution in [0.25, 0.3) is 5.70 Å². The third-order valence-corrected chi connectivity index (χ3v) is 2.29. The van der Waals surface area contributed by atoms with Crippen LogP contribution in [0.1, 0.15) is 12.5 Å². The monoisotopic (exact) mass is 254 g/mol. The van der Waals surface area contributed by atoms with Crippen molar-refractivity contribution < 1.29 is 4.39 Å². The van der Waals surface area contributed by atoms with Crippen LogP contribution in [0.3, 0.4) is 0 Å². The first-order valence-corrected chi connectivity index (χ1v) is 4.67. The van der Waals surface area contributed by atoms with E-state index in [-0.39, 0.29) is 11.3 Å². The topological polar surface area (TPSA) is 49.8 Å². The Morgan fingerprint density at radius 3 is 2.71 bits per heavy atom. The fourth-order valence-electron chi connectivity index (χ4n) is 0.970. The number of benzene rings is 1. The lowest BCUT2D eigenvalue weighted by atomic mass is 10.1. The van der Waals surface area contributed by atoms with Gasteiger partial charge >= 0.3 is 0 Å². The van der Waals surface area contributed by atoms with Crippen LogP contribution in [0, 0.1) is 17.1 Å². The van der Waals surface area contributed by atoms with Gasteiger partial charge in [0.05, 0.1) is 17.3 Å². The van der Waals surface area contributed by atoms with Crippen molar-refractivity contribution in [3.63, 3.8) is 0 Å². The normalized spacial score (nSPS) is 11.9. The highest BCUT2D eigenvalue weighted by molar-refractivity contribution is 9.10. The number of halogens is 2. The predicted molar refractivity (Wildman–Crippen MR) is 56.5 cm³/mol. The number of nitrogens with two attached hydrogens (primary N) is 1. The summed E-state index contributed by atoms with van der Waals surface area (Å²) < 4.78 is 14.0. The second kappa shape index (κ2) is 4.25. The maximum atomic E-state index is 13.3. The van der Waals surface area contributed by atoms with Gasteiger partial charge in [0.1, 0.15) is 5.82 Å². The lowest BCUT2D eigenvalue weighted by molar-refractivity contribution is 0.622. The van der Waals surface area contributed by atoms with E-state index in [1.807, 2.05) is 6.07 Å². The molecule has 4 heteroatoms. The molecule has 0 radical (unpaired) electrons. The van der Waals surface area contributed by atoms with Crippen LogP contribution < -0.4 is 5.73 Å². The van der Waals surface area contributed by atoms with Crippen LogP contribution in [0.4, 0.5) is 4.39 Å². The Bertz CT molecular complexity index is 432. The molecule has 1 rings (SSSR count). The summed E-state index contributed by atoms with van der Waals surface area (Å²) in [5.74, 6) is -0.438. The Balaban J connectivity index is 3.29. The lowest BCUT2D eigenvalue weighted by Gasteiger charge is -2.04. The zero-order valence-electron chi connectivity index (χ0n) is 7.51. The van der Waals surface area contributed by atoms with E-state index in [9.17, 15) is 4.39 Å². The van der Waals surface area contributed by atoms with Gasteiger partial charge in [-0.25, -0.2) is 4.39 Å². The lowest BCUT2D eigenvalue weighted by Crippen LogP contribution is -2.01. The average molecular weight is 255 g/mol. The summed E-state index contributed by atoms with van der Waals surface area (Å²) in [7, 11) is 0. The van der Waals surface area contributed by atoms with Gasteiger partial charge in [-0.3, -0.25) is 0 Å². The summed E-state index contributed by atoms with van der Waals surface area (Å²) in [6, 6.07) is 6.41. The SMILES string of the molecule is C/C(C#N)=C(/N)c1ccc(Br)cc1F. The summed E-state index contributed by atoms with van der Waals surface area (Å²) in [6.07, 6.45) is 0. The minimum Gasteiger partial charge on any atom is -0.397 e. The third kappa shape index (κ3) is 2.12. The highest BCUT2D eigenvalue weighted by Crippen LogP contribution is 2.20. The van der Waals surface area contributed by atoms with Crippen molar-refractivity contribution in [1.82, 2.24) is 0 Å². The molecule has 0 heterocycles. The predicted octanol–water partition coefficient (Wildman–Crippen LogP) is 2.80. The van der Waals surface area contributed by atoms with Crippen molar-refractivity contribution in [3.05, 3.63) is 39.6 Å². The fourth-order valence-corrected chi connectivity index (χ4v) is 1.30. The Hall–Kier alpha value is -1.34. The molecule has 2 nitrogen and oxygen atoms in total. The average Bonchev–Trinajstić information content (AvgIpc) is 2.15. The van der Waals surface area contributed by atoms with Gasteiger partial charge < -0.3 is 5.73 Å². The Labute approximate surface area is 90.0 Å². The minimum absolute atomic E-state index is 0.178. The molecule has 0 aromatic heterocycles. The van der Waals surface area contributed by atoms with Crippen LogP contribution >= 0.6 is 15.9 Å². The summed E-state index contributed by atoms with van der Waals surface area (Å²) >= 11 is 3.14. The van der Waals surface area contributed by atoms with Crippen LogP contribution in [-0.4, -0.2) is 0 Å². The molecule has 0 saturated carbocycles. The van der Waals surface area contributed by atoms with Crippen LogP contribution in [0.2, 0.25) is 0 Å². The van der Waals surface area contributed by atoms with Gasteiger partial charge in [0.2, 0.25) is 0 Å². The van der Waals surface area contributed by atoms with Crippen LogP contribution in [0.5, 0.6) is 0 Å². The first-order chi connectivity index (χ1) is 6.56. The zero-order chi connectivity index (χ0) is 10.7. The van der Waals surface area contributed by atoms with E-state index in [0.29, 0.717) is 10.0 Å². The number of hydrogen-bond acceptors (Lipinski definition) is 2. The van der Waals surface area contributed by atoms with Crippen molar-refractivity contribution in [3.8, 4) is 6.07 Å². The van der Waals surface area contributed by atoms with E-state index in [1.54, 1.807) is 13.0 Å². The van der Waals surface area contributed by atoms with Gasteiger partial charge in [0.25, 0.3) is 0 Å². The van der Waals surface area contributed by atoms with E-state index >= 15 is 0 Å². The molecule has 0 saturated heterocycles. The quantitative estimate of drug-likeness (QED) is 0.784. The fraction of sp³-hybridized carbons (Fsp3) is 0.100. The highest BCUT2D eigenvalue weighted by Gasteiger charge is 2.07. The van der Waals surface area contributed by atoms with E-state index in [0.717, 1.165) is 0 Å². The Morgan fingerprint density at radius 1 is 1.57 bits per heavy atom. The third-order valence-electron chi connectivity index (χ3n) is 1.79. The number of allylic oxidation sites excluding steroid dienone is 1. The maximum Gasteiger partial charge on any atom is 0.133 e. The number of hydrogen-bond donors (Lipinski definition) is 1. The van der Waals surface area contributed by atoms with Gasteiger partial charge in [-0.1, -0.05) is 15.9 Å². The molecule has 2 N–H and O–H groups in total. The van der Waals surface area contributed by atoms with E-state index in [1.165, 1.54) is 12.1 Å². The van der Waals surface area contributed by atoms with E-state index in [4.69, 9.17) is 11.0 Å².